The fourth-order valence-corrected chi connectivity index (χ4v) is 20.7. The minimum atomic E-state index is -3.01. The smallest absolute Gasteiger partial charge is 0.349 e. The van der Waals surface area contributed by atoms with E-state index in [1.165, 1.54) is 0 Å². The molecule has 2 aliphatic heterocycles. The molecule has 0 amide bonds. The number of fused-ring (bicyclic) bond motifs is 1. The highest BCUT2D eigenvalue weighted by Crippen LogP contribution is 2.57. The zero-order valence-electron chi connectivity index (χ0n) is 38.8. The normalized spacial score (nSPS) is 22.1. The lowest BCUT2D eigenvalue weighted by Gasteiger charge is -2.59. The Kier molecular flexibility index (Phi) is 15.2. The molecule has 0 spiro atoms. The Bertz CT molecular complexity index is 1940. The Labute approximate surface area is 368 Å². The van der Waals surface area contributed by atoms with E-state index < -0.39 is 47.4 Å². The molecule has 5 atom stereocenters. The van der Waals surface area contributed by atoms with Gasteiger partial charge in [-0.2, -0.15) is 0 Å². The van der Waals surface area contributed by atoms with E-state index in [1.807, 2.05) is 91.0 Å². The number of aliphatic hydroxyl groups is 1. The number of benzene rings is 4. The van der Waals surface area contributed by atoms with E-state index in [2.05, 4.69) is 95.2 Å². The first-order valence-corrected chi connectivity index (χ1v) is 26.3. The number of hydrogen-bond acceptors (Lipinski definition) is 8. The molecule has 1 N–H and O–H groups in total. The van der Waals surface area contributed by atoms with E-state index in [4.69, 9.17) is 32.2 Å². The molecule has 0 radical (unpaired) electrons. The van der Waals surface area contributed by atoms with E-state index in [0.29, 0.717) is 43.5 Å². The summed E-state index contributed by atoms with van der Waals surface area (Å²) in [4.78, 5) is 0. The molecule has 2 aliphatic rings. The molecule has 0 saturated carbocycles. The van der Waals surface area contributed by atoms with Gasteiger partial charge in [0.15, 0.2) is 0 Å². The first-order chi connectivity index (χ1) is 28.9. The SMILES string of the molecule is CC(C)[Si](O[C@@H]1[C@@H](O)[C@H](c2c(COCc3ccccc3)cc(OCc3ccccc3)cc2OCc2ccccc2)O[C@@H]2CO[Si](C(C)(C)C)(C(C)(C)C)O[C@@H]12)(C(C)C)C(C)C. The van der Waals surface area contributed by atoms with Crippen molar-refractivity contribution in [2.45, 2.75) is 167 Å². The highest BCUT2D eigenvalue weighted by atomic mass is 28.4. The van der Waals surface area contributed by atoms with Crippen LogP contribution in [0.5, 0.6) is 11.5 Å². The summed E-state index contributed by atoms with van der Waals surface area (Å²) in [7, 11) is -5.60. The molecule has 4 aromatic rings. The van der Waals surface area contributed by atoms with Gasteiger partial charge in [0.2, 0.25) is 8.32 Å². The van der Waals surface area contributed by atoms with Gasteiger partial charge in [-0.1, -0.05) is 174 Å². The summed E-state index contributed by atoms with van der Waals surface area (Å²) in [6.07, 6.45) is -3.74. The maximum atomic E-state index is 13.2. The predicted molar refractivity (Wildman–Crippen MR) is 248 cm³/mol. The fraction of sp³-hybridized carbons (Fsp3) is 0.529. The topological polar surface area (TPSA) is 84.8 Å². The van der Waals surface area contributed by atoms with E-state index in [-0.39, 0.29) is 33.3 Å². The Hall–Kier alpha value is -3.33. The largest absolute Gasteiger partial charge is 0.489 e. The van der Waals surface area contributed by atoms with Crippen LogP contribution in [0.4, 0.5) is 0 Å². The summed E-state index contributed by atoms with van der Waals surface area (Å²) in [5, 5.41) is 12.7. The molecule has 0 unspecified atom stereocenters. The monoisotopic (exact) mass is 868 g/mol. The quantitative estimate of drug-likeness (QED) is 0.111. The summed E-state index contributed by atoms with van der Waals surface area (Å²) in [6.45, 7) is 28.7. The van der Waals surface area contributed by atoms with Gasteiger partial charge in [-0.15, -0.1) is 0 Å². The number of rotatable bonds is 16. The molecular formula is C51H72O8Si2. The third kappa shape index (κ3) is 10.2. The first kappa shape index (κ1) is 47.2. The van der Waals surface area contributed by atoms with Gasteiger partial charge < -0.3 is 37.3 Å². The molecule has 2 fully saturated rings. The average molecular weight is 869 g/mol. The van der Waals surface area contributed by atoms with Crippen LogP contribution in [0.2, 0.25) is 26.7 Å². The van der Waals surface area contributed by atoms with Crippen molar-refractivity contribution in [2.24, 2.45) is 0 Å². The lowest BCUT2D eigenvalue weighted by atomic mass is 9.88. The minimum absolute atomic E-state index is 0.223. The summed E-state index contributed by atoms with van der Waals surface area (Å²) in [5.41, 5.74) is 5.47. The highest BCUT2D eigenvalue weighted by Gasteiger charge is 2.66. The molecule has 0 bridgehead atoms. The molecule has 332 valence electrons. The number of aliphatic hydroxyl groups excluding tert-OH is 1. The average Bonchev–Trinajstić information content (AvgIpc) is 3.21. The van der Waals surface area contributed by atoms with E-state index in [1.54, 1.807) is 0 Å². The molecule has 10 heteroatoms. The minimum Gasteiger partial charge on any atom is -0.489 e. The molecule has 0 aromatic heterocycles. The molecule has 61 heavy (non-hydrogen) atoms. The van der Waals surface area contributed by atoms with Crippen LogP contribution in [0, 0.1) is 0 Å². The van der Waals surface area contributed by atoms with Crippen LogP contribution < -0.4 is 9.47 Å². The Morgan fingerprint density at radius 3 is 1.66 bits per heavy atom. The van der Waals surface area contributed by atoms with Crippen LogP contribution in [0.3, 0.4) is 0 Å². The molecule has 2 heterocycles. The second kappa shape index (κ2) is 19.6. The van der Waals surface area contributed by atoms with Crippen molar-refractivity contribution in [1.29, 1.82) is 0 Å². The maximum Gasteiger partial charge on any atom is 0.349 e. The summed E-state index contributed by atoms with van der Waals surface area (Å²) in [6, 6.07) is 34.3. The van der Waals surface area contributed by atoms with Crippen LogP contribution in [-0.4, -0.2) is 53.0 Å². The molecule has 2 saturated heterocycles. The van der Waals surface area contributed by atoms with Gasteiger partial charge >= 0.3 is 8.56 Å². The zero-order chi connectivity index (χ0) is 44.2. The third-order valence-electron chi connectivity index (χ3n) is 12.8. The van der Waals surface area contributed by atoms with Crippen LogP contribution in [0.15, 0.2) is 103 Å². The lowest BCUT2D eigenvalue weighted by Crippen LogP contribution is -2.71. The first-order valence-electron chi connectivity index (χ1n) is 22.3. The highest BCUT2D eigenvalue weighted by molar-refractivity contribution is 6.77. The van der Waals surface area contributed by atoms with Crippen LogP contribution in [-0.2, 0) is 49.2 Å². The maximum absolute atomic E-state index is 13.2. The number of hydrogen-bond donors (Lipinski definition) is 1. The molecule has 8 nitrogen and oxygen atoms in total. The van der Waals surface area contributed by atoms with Crippen molar-refractivity contribution in [2.75, 3.05) is 6.61 Å². The van der Waals surface area contributed by atoms with Crippen LogP contribution in [0.25, 0.3) is 0 Å². The van der Waals surface area contributed by atoms with Crippen molar-refractivity contribution in [3.8, 4) is 11.5 Å². The van der Waals surface area contributed by atoms with E-state index in [9.17, 15) is 5.11 Å². The van der Waals surface area contributed by atoms with Crippen molar-refractivity contribution >= 4 is 16.9 Å². The van der Waals surface area contributed by atoms with Crippen LogP contribution in [0.1, 0.15) is 117 Å². The van der Waals surface area contributed by atoms with Gasteiger partial charge in [-0.05, 0) is 44.9 Å². The standard InChI is InChI=1S/C51H72O8Si2/c1-35(2)60(36(3)4,37(5)6)58-49-46(52)48(57-44-34-56-61(50(7,8)9,51(10,11)12)59-47(44)49)45-41(33-53-30-38-22-16-13-17-23-38)28-42(54-31-39-24-18-14-19-25-39)29-43(45)55-32-40-26-20-15-21-27-40/h13-29,35-37,44,46-49,52H,30-34H2,1-12H3/t44-,46+,47-,48+,49-/m1/s1. The van der Waals surface area contributed by atoms with E-state index >= 15 is 0 Å². The van der Waals surface area contributed by atoms with Crippen molar-refractivity contribution in [3.05, 3.63) is 131 Å². The molecular weight excluding hydrogens is 797 g/mol. The Balaban J connectivity index is 1.50. The van der Waals surface area contributed by atoms with Gasteiger partial charge in [0.1, 0.15) is 55.2 Å². The Morgan fingerprint density at radius 2 is 1.16 bits per heavy atom. The second-order valence-corrected chi connectivity index (χ2v) is 30.2. The van der Waals surface area contributed by atoms with Crippen molar-refractivity contribution in [1.82, 2.24) is 0 Å². The third-order valence-corrected chi connectivity index (χ3v) is 24.0. The van der Waals surface area contributed by atoms with Gasteiger partial charge in [0.25, 0.3) is 0 Å². The van der Waals surface area contributed by atoms with Gasteiger partial charge in [0.05, 0.1) is 19.8 Å². The zero-order valence-corrected chi connectivity index (χ0v) is 40.8. The molecule has 6 rings (SSSR count). The van der Waals surface area contributed by atoms with Crippen molar-refractivity contribution in [3.63, 3.8) is 0 Å². The Morgan fingerprint density at radius 1 is 0.672 bits per heavy atom. The van der Waals surface area contributed by atoms with Crippen LogP contribution >= 0.6 is 0 Å². The molecule has 4 aromatic carbocycles. The lowest BCUT2D eigenvalue weighted by molar-refractivity contribution is -0.243. The summed E-state index contributed by atoms with van der Waals surface area (Å²) >= 11 is 0. The van der Waals surface area contributed by atoms with E-state index in [0.717, 1.165) is 22.3 Å². The number of ether oxygens (including phenoxy) is 4. The summed E-state index contributed by atoms with van der Waals surface area (Å²) < 4.78 is 49.3. The predicted octanol–water partition coefficient (Wildman–Crippen LogP) is 12.4. The summed E-state index contributed by atoms with van der Waals surface area (Å²) in [5.74, 6) is 1.19. The van der Waals surface area contributed by atoms with Crippen molar-refractivity contribution < 1.29 is 37.3 Å². The van der Waals surface area contributed by atoms with Gasteiger partial charge in [0, 0.05) is 21.7 Å². The second-order valence-electron chi connectivity index (χ2n) is 20.0. The fourth-order valence-electron chi connectivity index (χ4n) is 10.2. The van der Waals surface area contributed by atoms with Gasteiger partial charge in [-0.3, -0.25) is 0 Å². The van der Waals surface area contributed by atoms with Gasteiger partial charge in [-0.25, -0.2) is 0 Å². The molecule has 0 aliphatic carbocycles.